The molecular weight excluding hydrogens is 1790 g/mol. The number of carbonyl (C=O) groups is 10. The minimum atomic E-state index is -1.17. The van der Waals surface area contributed by atoms with Crippen LogP contribution in [0, 0.1) is 0 Å². The smallest absolute Gasteiger partial charge is 0.448 e. The van der Waals surface area contributed by atoms with E-state index in [1.165, 1.54) is 82.2 Å². The predicted molar refractivity (Wildman–Crippen MR) is 493 cm³/mol. The first-order valence-electron chi connectivity index (χ1n) is 39.9. The monoisotopic (exact) mass is 1980 g/mol. The summed E-state index contributed by atoms with van der Waals surface area (Å²) in [6.45, 7) is 65.2. The molecule has 0 spiro atoms. The van der Waals surface area contributed by atoms with Gasteiger partial charge in [0.2, 0.25) is 29.5 Å². The van der Waals surface area contributed by atoms with E-state index in [-0.39, 0.29) is 219 Å². The summed E-state index contributed by atoms with van der Waals surface area (Å²) in [5.41, 5.74) is -0.476. The zero-order chi connectivity index (χ0) is 85.1. The molecule has 8 amide bonds. The Labute approximate surface area is 822 Å². The number of aliphatic carboxylic acids is 1. The maximum atomic E-state index is 11.4. The number of likely N-dealkylation sites (N-methyl/N-ethyl adjacent to an activating group) is 1. The van der Waals surface area contributed by atoms with Crippen LogP contribution in [0.4, 0.5) is 4.79 Å². The predicted octanol–water partition coefficient (Wildman–Crippen LogP) is 7.07. The summed E-state index contributed by atoms with van der Waals surface area (Å²) in [5, 5.41) is 32.1. The summed E-state index contributed by atoms with van der Waals surface area (Å²) >= 11 is 0. The third-order valence-electron chi connectivity index (χ3n) is 17.5. The molecule has 6 N–H and O–H groups in total. The van der Waals surface area contributed by atoms with Crippen molar-refractivity contribution in [2.75, 3.05) is 216 Å². The van der Waals surface area contributed by atoms with E-state index in [0.29, 0.717) is 62.6 Å². The normalized spacial score (nSPS) is 17.5. The second-order valence-corrected chi connectivity index (χ2v) is 27.0. The quantitative estimate of drug-likeness (QED) is 0.110. The van der Waals surface area contributed by atoms with Gasteiger partial charge in [-0.3, -0.25) is 73.9 Å². The van der Waals surface area contributed by atoms with Crippen molar-refractivity contribution in [2.24, 2.45) is 0 Å². The molecule has 12 rings (SSSR count). The van der Waals surface area contributed by atoms with Crippen LogP contribution in [0.15, 0.2) is 0 Å². The number of likely N-dealkylation sites (tertiary alicyclic amines) is 7. The minimum Gasteiger partial charge on any atom is -0.542 e. The van der Waals surface area contributed by atoms with Gasteiger partial charge in [0, 0.05) is 320 Å². The van der Waals surface area contributed by atoms with Gasteiger partial charge in [0.15, 0.2) is 17.3 Å². The third-order valence-corrected chi connectivity index (χ3v) is 17.5. The van der Waals surface area contributed by atoms with E-state index >= 15 is 0 Å². The number of piperazine rings is 4. The van der Waals surface area contributed by atoms with Crippen LogP contribution in [0.3, 0.4) is 0 Å². The fraction of sp³-hybridized carbons (Fsp3) is 0.847. The molecule has 721 valence electrons. The van der Waals surface area contributed by atoms with Crippen LogP contribution in [0.1, 0.15) is 231 Å². The molecule has 33 nitrogen and oxygen atoms in total. The molecular formula is C85H184BN16O17Y3-3. The number of Topliss-reactive ketones (excluding diaryl/α,β-unsaturated/α-hetero) is 3. The molecule has 122 heavy (non-hydrogen) atoms. The Morgan fingerprint density at radius 2 is 0.656 bits per heavy atom. The van der Waals surface area contributed by atoms with E-state index in [4.69, 9.17) is 29.5 Å². The summed E-state index contributed by atoms with van der Waals surface area (Å²) in [6.07, 6.45) is 9.62. The van der Waals surface area contributed by atoms with Crippen molar-refractivity contribution < 1.29 is 180 Å². The Bertz CT molecular complexity index is 2480. The molecule has 12 aliphatic heterocycles. The minimum absolute atomic E-state index is 0. The van der Waals surface area contributed by atoms with E-state index in [1.807, 2.05) is 109 Å². The van der Waals surface area contributed by atoms with Gasteiger partial charge < -0.3 is 89.4 Å². The Morgan fingerprint density at radius 3 is 0.852 bits per heavy atom. The van der Waals surface area contributed by atoms with Crippen molar-refractivity contribution in [1.82, 2.24) is 79.6 Å². The average Bonchev–Trinajstić information content (AvgIpc) is 0.743. The fourth-order valence-electron chi connectivity index (χ4n) is 11.1. The largest absolute Gasteiger partial charge is 0.542 e. The molecule has 12 saturated heterocycles. The van der Waals surface area contributed by atoms with Gasteiger partial charge in [-0.1, -0.05) is 149 Å². The van der Waals surface area contributed by atoms with Gasteiger partial charge in [-0.2, -0.15) is 19.7 Å². The van der Waals surface area contributed by atoms with Crippen molar-refractivity contribution in [3.05, 3.63) is 0 Å². The number of rotatable bonds is 7. The molecule has 12 heterocycles. The summed E-state index contributed by atoms with van der Waals surface area (Å²) in [5.74, 6) is 0.567. The van der Waals surface area contributed by atoms with Gasteiger partial charge in [-0.15, -0.1) is 0 Å². The van der Waals surface area contributed by atoms with Crippen LogP contribution in [-0.2, 0) is 160 Å². The van der Waals surface area contributed by atoms with Crippen molar-refractivity contribution in [3.63, 3.8) is 0 Å². The second kappa shape index (κ2) is 95.3. The first kappa shape index (κ1) is 156. The topological polar surface area (TPSA) is 370 Å². The van der Waals surface area contributed by atoms with Crippen LogP contribution in [0.2, 0.25) is 6.82 Å². The number of ketones is 3. The maximum absolute atomic E-state index is 11.4. The Kier molecular flexibility index (Phi) is 122. The molecule has 0 aromatic rings. The van der Waals surface area contributed by atoms with Crippen LogP contribution < -0.4 is 16.0 Å². The molecule has 0 unspecified atom stereocenters. The van der Waals surface area contributed by atoms with E-state index in [0.717, 1.165) is 151 Å². The maximum Gasteiger partial charge on any atom is 0.448 e. The summed E-state index contributed by atoms with van der Waals surface area (Å²) in [4.78, 5) is 161. The zero-order valence-electron chi connectivity index (χ0n) is 73.4. The van der Waals surface area contributed by atoms with Crippen LogP contribution in [0.25, 0.3) is 0 Å². The number of hydrogen-bond donors (Lipinski definition) is 6. The average molecular weight is 1980 g/mol. The number of carboxylic acids is 1. The van der Waals surface area contributed by atoms with Crippen molar-refractivity contribution >= 4 is 85.2 Å². The van der Waals surface area contributed by atoms with Gasteiger partial charge in [-0.05, 0) is 60.6 Å². The number of piperidine rings is 1. The third kappa shape index (κ3) is 73.6. The molecule has 0 atom stereocenters. The second-order valence-electron chi connectivity index (χ2n) is 27.0. The standard InChI is InChI=1S/C11H18N3O2.C10H16N3O2.C10H18N2O.C9H17N3O.C8H13NO3.C5H12N2.C5H7NO2.C3H5NO.C2H4O2.C2H3O.5C2H6.CH5BO2.9CH4.3Y/c1-2-11(16)14-7-10(8-14)13-5-3-12(9-15)4-6-13;1-9(15)13-6-10(7-13)12-4-2-11(8-14)3-5-12;1-9(13)12-7-10(8-12)11-5-3-2-4-6-11;1-8(13)12-6-9(7-12)11-4-2-10-3-5-11;1-8(2,3)12-7(11)9-4-6(10)5-9;1-7-4-2-6-3-5-7;1-4(7)6-2-5(8)3-6;5-3-1-4-2-3;1-2(3)4;1-2-3;5*1-2;1-2(3)4;;;;;;;;;;;;/h10H,2-8H2,1H3;10H,2-7H2,1H3;10H,2-8H2,1H3;9-10H,2-7H2,1H3;4-5H2,1-3H3;6H,2-5H2,1H3;2-3H2,1H3;4H,1-2H2;1H3,(H,3,4);1H3;5*1-2H3;3-4H,1H3;9*1H4;;;/q2*-1;;;;;;;;-1;;;;;;;;;;;;;;;;;;. The SMILES string of the molecule is C.C.C.C.C.C.C.C.C.CB(O)O.CC.CC.CC.CC.CC.CC(=O)N1CC(=O)C1.CC(=O)N1CC(N2CCCCC2)C1.CC(=O)N1CC(N2CCN([C-]=O)CC2)C1.CC(=O)N1CC(N2CCNCC2)C1.CC(=O)O.CC(C)(C)OC(=O)N1CC(=O)C1.CCC(=O)N1CC(N2CCN([C-]=O)CC2)C1.CN1CCNCC1.C[C-]=O.O=C1CNC1.[Y].[Y].[Y]. The number of ether oxygens (including phenoxy) is 1. The van der Waals surface area contributed by atoms with Crippen LogP contribution in [0.5, 0.6) is 0 Å². The molecule has 0 saturated carbocycles. The Balaban J connectivity index is -0.0000000726. The number of carboxylic acid groups (broad SMARTS) is 1. The number of hydrogen-bond acceptors (Lipinski definition) is 24. The van der Waals surface area contributed by atoms with Gasteiger partial charge in [0.1, 0.15) is 5.60 Å². The van der Waals surface area contributed by atoms with Gasteiger partial charge >= 0.3 is 13.2 Å². The van der Waals surface area contributed by atoms with E-state index in [1.54, 1.807) is 51.3 Å². The first-order chi connectivity index (χ1) is 52.2. The van der Waals surface area contributed by atoms with E-state index < -0.39 is 24.8 Å². The van der Waals surface area contributed by atoms with Gasteiger partial charge in [0.05, 0.1) is 39.3 Å². The molecule has 12 aliphatic rings. The Morgan fingerprint density at radius 1 is 0.418 bits per heavy atom. The van der Waals surface area contributed by atoms with Gasteiger partial charge in [-0.25, -0.2) is 4.79 Å². The van der Waals surface area contributed by atoms with Crippen molar-refractivity contribution in [3.8, 4) is 0 Å². The van der Waals surface area contributed by atoms with E-state index in [2.05, 4.69) is 47.5 Å². The van der Waals surface area contributed by atoms with Crippen molar-refractivity contribution in [2.45, 2.75) is 268 Å². The molecule has 12 fully saturated rings. The number of nitrogens with one attached hydrogen (secondary N) is 3. The summed E-state index contributed by atoms with van der Waals surface area (Å²) in [7, 11) is 0.987. The molecule has 37 heteroatoms. The summed E-state index contributed by atoms with van der Waals surface area (Å²) < 4.78 is 5.02. The first-order valence-corrected chi connectivity index (χ1v) is 39.9. The molecule has 0 aliphatic carbocycles. The molecule has 0 aromatic carbocycles. The molecule has 0 aromatic heterocycles. The molecule has 3 radical (unpaired) electrons. The Hall–Kier alpha value is -3.31. The fourth-order valence-corrected chi connectivity index (χ4v) is 11.1. The number of carbonyl (C=O) groups excluding carboxylic acids is 12. The van der Waals surface area contributed by atoms with Gasteiger partial charge in [0.25, 0.3) is 5.97 Å². The van der Waals surface area contributed by atoms with E-state index in [9.17, 15) is 52.7 Å². The van der Waals surface area contributed by atoms with Crippen LogP contribution >= 0.6 is 0 Å². The van der Waals surface area contributed by atoms with Crippen LogP contribution in [-0.4, -0.2) is 410 Å². The van der Waals surface area contributed by atoms with Crippen molar-refractivity contribution in [1.29, 1.82) is 0 Å². The summed E-state index contributed by atoms with van der Waals surface area (Å²) in [6, 6.07) is 2.31. The number of amides is 8. The zero-order valence-corrected chi connectivity index (χ0v) is 82.0. The number of nitrogens with zero attached hydrogens (tertiary/aromatic N) is 13. The molecule has 0 bridgehead atoms.